The summed E-state index contributed by atoms with van der Waals surface area (Å²) < 4.78 is 4.88. The highest BCUT2D eigenvalue weighted by atomic mass is 32.2. The van der Waals surface area contributed by atoms with Crippen LogP contribution in [0.25, 0.3) is 0 Å². The second-order valence-corrected chi connectivity index (χ2v) is 7.13. The third-order valence-electron chi connectivity index (χ3n) is 4.26. The summed E-state index contributed by atoms with van der Waals surface area (Å²) in [6.07, 6.45) is 3.51. The van der Waals surface area contributed by atoms with E-state index in [0.29, 0.717) is 18.1 Å². The Hall–Kier alpha value is -1.54. The lowest BCUT2D eigenvalue weighted by Gasteiger charge is -2.37. The predicted octanol–water partition coefficient (Wildman–Crippen LogP) is 1.81. The van der Waals surface area contributed by atoms with E-state index >= 15 is 0 Å². The maximum atomic E-state index is 12.5. The van der Waals surface area contributed by atoms with Crippen molar-refractivity contribution in [2.24, 2.45) is 0 Å². The number of rotatable bonds is 8. The maximum Gasteiger partial charge on any atom is 0.235 e. The molecule has 1 aliphatic heterocycles. The minimum absolute atomic E-state index is 0.00322. The standard InChI is InChI=1S/C16H25N3O4S/c1-3-5-16(11-20)6-4-7-19(16)15(22)10-24-9-14(21)17-13-8-12(2)23-18-13/h8,20H,3-7,9-11H2,1-2H3,(H,17,18,21)/t16-/m1/s1. The van der Waals surface area contributed by atoms with Gasteiger partial charge in [-0.2, -0.15) is 0 Å². The van der Waals surface area contributed by atoms with Gasteiger partial charge in [0, 0.05) is 12.6 Å². The van der Waals surface area contributed by atoms with Gasteiger partial charge >= 0.3 is 0 Å². The number of carbonyl (C=O) groups is 2. The molecule has 0 radical (unpaired) electrons. The van der Waals surface area contributed by atoms with E-state index in [4.69, 9.17) is 4.52 Å². The SMILES string of the molecule is CCC[C@]1(CO)CCCN1C(=O)CSCC(=O)Nc1cc(C)on1. The summed E-state index contributed by atoms with van der Waals surface area (Å²) in [6, 6.07) is 1.64. The third kappa shape index (κ3) is 4.51. The molecule has 2 rings (SSSR count). The Balaban J connectivity index is 1.79. The molecule has 134 valence electrons. The summed E-state index contributed by atoms with van der Waals surface area (Å²) in [5.74, 6) is 1.18. The molecule has 0 aromatic carbocycles. The second kappa shape index (κ2) is 8.53. The first kappa shape index (κ1) is 18.8. The minimum Gasteiger partial charge on any atom is -0.394 e. The Bertz CT molecular complexity index is 577. The molecule has 0 bridgehead atoms. The molecule has 1 aromatic heterocycles. The number of nitrogens with zero attached hydrogens (tertiary/aromatic N) is 2. The number of nitrogens with one attached hydrogen (secondary N) is 1. The molecular formula is C16H25N3O4S. The van der Waals surface area contributed by atoms with Crippen LogP contribution in [0.2, 0.25) is 0 Å². The topological polar surface area (TPSA) is 95.7 Å². The van der Waals surface area contributed by atoms with Crippen LogP contribution in [0.1, 0.15) is 38.4 Å². The first-order chi connectivity index (χ1) is 11.5. The summed E-state index contributed by atoms with van der Waals surface area (Å²) >= 11 is 1.27. The van der Waals surface area contributed by atoms with Crippen molar-refractivity contribution in [2.45, 2.75) is 45.1 Å². The highest BCUT2D eigenvalue weighted by Gasteiger charge is 2.41. The van der Waals surface area contributed by atoms with Gasteiger partial charge in [-0.3, -0.25) is 9.59 Å². The van der Waals surface area contributed by atoms with Crippen LogP contribution in [0.4, 0.5) is 5.82 Å². The van der Waals surface area contributed by atoms with Crippen LogP contribution in [-0.4, -0.2) is 57.2 Å². The lowest BCUT2D eigenvalue weighted by Crippen LogP contribution is -2.50. The third-order valence-corrected chi connectivity index (χ3v) is 5.18. The van der Waals surface area contributed by atoms with Crippen LogP contribution in [-0.2, 0) is 9.59 Å². The molecule has 2 N–H and O–H groups in total. The zero-order chi connectivity index (χ0) is 17.6. The molecule has 0 aliphatic carbocycles. The number of amides is 2. The molecule has 1 saturated heterocycles. The number of aryl methyl sites for hydroxylation is 1. The first-order valence-corrected chi connectivity index (χ1v) is 9.38. The number of likely N-dealkylation sites (tertiary alicyclic amines) is 1. The average Bonchev–Trinajstić information content (AvgIpc) is 3.14. The van der Waals surface area contributed by atoms with Gasteiger partial charge in [0.15, 0.2) is 5.82 Å². The van der Waals surface area contributed by atoms with Crippen molar-refractivity contribution in [3.8, 4) is 0 Å². The molecule has 1 fully saturated rings. The van der Waals surface area contributed by atoms with Crippen LogP contribution in [0.5, 0.6) is 0 Å². The van der Waals surface area contributed by atoms with Crippen molar-refractivity contribution in [1.29, 1.82) is 0 Å². The van der Waals surface area contributed by atoms with Gasteiger partial charge in [0.1, 0.15) is 5.76 Å². The zero-order valence-electron chi connectivity index (χ0n) is 14.2. The van der Waals surface area contributed by atoms with Crippen LogP contribution in [0.3, 0.4) is 0 Å². The van der Waals surface area contributed by atoms with Crippen molar-refractivity contribution in [3.05, 3.63) is 11.8 Å². The van der Waals surface area contributed by atoms with Gasteiger partial charge in [0.25, 0.3) is 0 Å². The van der Waals surface area contributed by atoms with Crippen molar-refractivity contribution < 1.29 is 19.2 Å². The van der Waals surface area contributed by atoms with Crippen LogP contribution < -0.4 is 5.32 Å². The fourth-order valence-corrected chi connectivity index (χ4v) is 3.90. The normalized spacial score (nSPS) is 20.4. The largest absolute Gasteiger partial charge is 0.394 e. The molecule has 1 aliphatic rings. The number of thioether (sulfide) groups is 1. The Morgan fingerprint density at radius 2 is 2.29 bits per heavy atom. The summed E-state index contributed by atoms with van der Waals surface area (Å²) in [4.78, 5) is 26.1. The quantitative estimate of drug-likeness (QED) is 0.738. The first-order valence-electron chi connectivity index (χ1n) is 8.23. The molecule has 2 amide bonds. The lowest BCUT2D eigenvalue weighted by molar-refractivity contribution is -0.134. The van der Waals surface area contributed by atoms with Gasteiger partial charge < -0.3 is 19.8 Å². The number of anilines is 1. The number of aliphatic hydroxyl groups excluding tert-OH is 1. The molecule has 0 saturated carbocycles. The molecule has 7 nitrogen and oxygen atoms in total. The highest BCUT2D eigenvalue weighted by Crippen LogP contribution is 2.33. The number of aromatic nitrogens is 1. The maximum absolute atomic E-state index is 12.5. The van der Waals surface area contributed by atoms with Crippen molar-refractivity contribution in [2.75, 3.05) is 30.0 Å². The Morgan fingerprint density at radius 3 is 2.92 bits per heavy atom. The number of hydrogen-bond donors (Lipinski definition) is 2. The molecule has 24 heavy (non-hydrogen) atoms. The molecule has 0 unspecified atom stereocenters. The summed E-state index contributed by atoms with van der Waals surface area (Å²) in [5.41, 5.74) is -0.410. The van der Waals surface area contributed by atoms with Gasteiger partial charge in [0.2, 0.25) is 11.8 Å². The fourth-order valence-electron chi connectivity index (χ4n) is 3.21. The van der Waals surface area contributed by atoms with Crippen molar-refractivity contribution in [3.63, 3.8) is 0 Å². The van der Waals surface area contributed by atoms with Gasteiger partial charge in [-0.1, -0.05) is 18.5 Å². The zero-order valence-corrected chi connectivity index (χ0v) is 15.0. The number of carbonyl (C=O) groups excluding carboxylic acids is 2. The van der Waals surface area contributed by atoms with Crippen LogP contribution in [0, 0.1) is 6.92 Å². The summed E-state index contributed by atoms with van der Waals surface area (Å²) in [5, 5.41) is 16.1. The fraction of sp³-hybridized carbons (Fsp3) is 0.688. The van der Waals surface area contributed by atoms with Gasteiger partial charge in [-0.25, -0.2) is 0 Å². The average molecular weight is 355 g/mol. The van der Waals surface area contributed by atoms with Crippen LogP contribution >= 0.6 is 11.8 Å². The smallest absolute Gasteiger partial charge is 0.235 e. The van der Waals surface area contributed by atoms with E-state index in [0.717, 1.165) is 25.7 Å². The predicted molar refractivity (Wildman–Crippen MR) is 92.9 cm³/mol. The van der Waals surface area contributed by atoms with E-state index in [1.54, 1.807) is 13.0 Å². The number of hydrogen-bond acceptors (Lipinski definition) is 6. The van der Waals surface area contributed by atoms with Crippen LogP contribution in [0.15, 0.2) is 10.6 Å². The Morgan fingerprint density at radius 1 is 1.50 bits per heavy atom. The summed E-state index contributed by atoms with van der Waals surface area (Å²) in [6.45, 7) is 4.49. The molecule has 8 heteroatoms. The minimum atomic E-state index is -0.410. The lowest BCUT2D eigenvalue weighted by atomic mass is 9.91. The molecule has 0 spiro atoms. The Kier molecular flexibility index (Phi) is 6.68. The molecule has 1 atom stereocenters. The van der Waals surface area contributed by atoms with E-state index in [2.05, 4.69) is 17.4 Å². The van der Waals surface area contributed by atoms with E-state index in [1.807, 2.05) is 4.90 Å². The van der Waals surface area contributed by atoms with Gasteiger partial charge in [-0.15, -0.1) is 11.8 Å². The molecule has 2 heterocycles. The Labute approximate surface area is 146 Å². The number of aliphatic hydroxyl groups is 1. The molecular weight excluding hydrogens is 330 g/mol. The van der Waals surface area contributed by atoms with Gasteiger partial charge in [-0.05, 0) is 26.2 Å². The second-order valence-electron chi connectivity index (χ2n) is 6.15. The van der Waals surface area contributed by atoms with E-state index in [9.17, 15) is 14.7 Å². The van der Waals surface area contributed by atoms with Crippen molar-refractivity contribution in [1.82, 2.24) is 10.1 Å². The van der Waals surface area contributed by atoms with Gasteiger partial charge in [0.05, 0.1) is 23.7 Å². The highest BCUT2D eigenvalue weighted by molar-refractivity contribution is 8.00. The van der Waals surface area contributed by atoms with E-state index in [-0.39, 0.29) is 29.9 Å². The van der Waals surface area contributed by atoms with E-state index in [1.165, 1.54) is 11.8 Å². The molecule has 1 aromatic rings. The summed E-state index contributed by atoms with van der Waals surface area (Å²) in [7, 11) is 0. The van der Waals surface area contributed by atoms with Crippen molar-refractivity contribution >= 4 is 29.4 Å². The monoisotopic (exact) mass is 355 g/mol. The van der Waals surface area contributed by atoms with E-state index < -0.39 is 5.54 Å².